The second kappa shape index (κ2) is 7.75. The molecule has 1 aromatic heterocycles. The summed E-state index contributed by atoms with van der Waals surface area (Å²) in [5.74, 6) is -4.48. The number of hydrogen-bond acceptors (Lipinski definition) is 8. The van der Waals surface area contributed by atoms with Crippen molar-refractivity contribution < 1.29 is 34.8 Å². The van der Waals surface area contributed by atoms with Crippen LogP contribution in [0.5, 0.6) is 0 Å². The Hall–Kier alpha value is -4.67. The third-order valence-electron chi connectivity index (χ3n) is 3.94. The molecule has 0 bridgehead atoms. The van der Waals surface area contributed by atoms with E-state index in [1.165, 1.54) is 30.3 Å². The summed E-state index contributed by atoms with van der Waals surface area (Å²) >= 11 is 0. The van der Waals surface area contributed by atoms with Crippen LogP contribution in [0, 0.1) is 0 Å². The van der Waals surface area contributed by atoms with Gasteiger partial charge in [0.2, 0.25) is 11.6 Å². The van der Waals surface area contributed by atoms with Gasteiger partial charge in [-0.05, 0) is 36.4 Å². The second-order valence-corrected chi connectivity index (χ2v) is 6.01. The Morgan fingerprint density at radius 2 is 0.867 bits per heavy atom. The summed E-state index contributed by atoms with van der Waals surface area (Å²) in [6.45, 7) is 3.35. The zero-order valence-corrected chi connectivity index (χ0v) is 15.0. The van der Waals surface area contributed by atoms with Gasteiger partial charge < -0.3 is 20.4 Å². The molecule has 0 radical (unpaired) electrons. The minimum atomic E-state index is -1.33. The van der Waals surface area contributed by atoms with Crippen molar-refractivity contribution in [1.29, 1.82) is 0 Å². The van der Waals surface area contributed by atoms with Crippen LogP contribution in [-0.4, -0.2) is 58.7 Å². The molecular formula is C19H12N4O7. The molecule has 0 spiro atoms. The number of nitrogens with zero attached hydrogens (tertiary/aromatic N) is 4. The standard InChI is InChI=1S/C19H12N4O7/c1-8(24)9-2-10(4-12(3-9)17(25)26)15-20-22-16(23-21-15)11-5-13(18(27)28)7-14(6-11)19(29)30/h2-7,24H,1H2,(H,25,26)(H,27,28)(H,29,30). The SMILES string of the molecule is C=C(O)c1cc(C(=O)O)cc(-c2nnc(-c3cc(C(=O)O)cc(C(=O)O)c3)nn2)c1. The third kappa shape index (κ3) is 4.09. The highest BCUT2D eigenvalue weighted by Gasteiger charge is 2.16. The molecule has 1 heterocycles. The van der Waals surface area contributed by atoms with E-state index in [1.54, 1.807) is 0 Å². The summed E-state index contributed by atoms with van der Waals surface area (Å²) in [7, 11) is 0. The molecule has 3 aromatic rings. The van der Waals surface area contributed by atoms with Crippen molar-refractivity contribution in [2.75, 3.05) is 0 Å². The molecule has 2 aromatic carbocycles. The molecule has 0 amide bonds. The normalized spacial score (nSPS) is 10.4. The van der Waals surface area contributed by atoms with E-state index in [-0.39, 0.29) is 50.8 Å². The van der Waals surface area contributed by atoms with Crippen molar-refractivity contribution in [3.05, 3.63) is 65.2 Å². The van der Waals surface area contributed by atoms with E-state index in [2.05, 4.69) is 27.0 Å². The van der Waals surface area contributed by atoms with E-state index in [4.69, 9.17) is 10.2 Å². The molecule has 0 saturated carbocycles. The van der Waals surface area contributed by atoms with Crippen molar-refractivity contribution >= 4 is 23.7 Å². The Balaban J connectivity index is 2.06. The van der Waals surface area contributed by atoms with Crippen LogP contribution in [0.25, 0.3) is 28.5 Å². The van der Waals surface area contributed by atoms with Gasteiger partial charge in [-0.1, -0.05) is 6.58 Å². The van der Waals surface area contributed by atoms with Gasteiger partial charge in [0.25, 0.3) is 0 Å². The number of hydrogen-bond donors (Lipinski definition) is 4. The van der Waals surface area contributed by atoms with Crippen molar-refractivity contribution in [2.24, 2.45) is 0 Å². The topological polar surface area (TPSA) is 184 Å². The first-order valence-corrected chi connectivity index (χ1v) is 8.12. The quantitative estimate of drug-likeness (QED) is 0.438. The fraction of sp³-hybridized carbons (Fsp3) is 0. The van der Waals surface area contributed by atoms with Crippen LogP contribution in [-0.2, 0) is 0 Å². The fourth-order valence-corrected chi connectivity index (χ4v) is 2.51. The van der Waals surface area contributed by atoms with Gasteiger partial charge in [-0.2, -0.15) is 0 Å². The van der Waals surface area contributed by atoms with E-state index in [0.29, 0.717) is 0 Å². The van der Waals surface area contributed by atoms with E-state index in [1.807, 2.05) is 0 Å². The number of aliphatic hydroxyl groups excluding tert-OH is 1. The Kier molecular flexibility index (Phi) is 5.19. The molecule has 11 nitrogen and oxygen atoms in total. The van der Waals surface area contributed by atoms with E-state index >= 15 is 0 Å². The lowest BCUT2D eigenvalue weighted by Crippen LogP contribution is -2.05. The molecule has 11 heteroatoms. The van der Waals surface area contributed by atoms with Crippen LogP contribution in [0.1, 0.15) is 36.6 Å². The number of aliphatic hydroxyl groups is 1. The zero-order chi connectivity index (χ0) is 22.0. The van der Waals surface area contributed by atoms with Crippen LogP contribution in [0.3, 0.4) is 0 Å². The van der Waals surface area contributed by atoms with Gasteiger partial charge >= 0.3 is 17.9 Å². The van der Waals surface area contributed by atoms with Gasteiger partial charge in [0.05, 0.1) is 16.7 Å². The highest BCUT2D eigenvalue weighted by molar-refractivity contribution is 5.95. The molecule has 150 valence electrons. The number of carboxylic acids is 3. The molecule has 0 aliphatic heterocycles. The first-order chi connectivity index (χ1) is 14.2. The number of carbonyl (C=O) groups is 3. The van der Waals surface area contributed by atoms with Crippen molar-refractivity contribution in [1.82, 2.24) is 20.4 Å². The second-order valence-electron chi connectivity index (χ2n) is 6.01. The van der Waals surface area contributed by atoms with Crippen LogP contribution in [0.2, 0.25) is 0 Å². The Morgan fingerprint density at radius 3 is 1.17 bits per heavy atom. The first-order valence-electron chi connectivity index (χ1n) is 8.12. The van der Waals surface area contributed by atoms with Crippen LogP contribution < -0.4 is 0 Å². The largest absolute Gasteiger partial charge is 0.508 e. The van der Waals surface area contributed by atoms with Crippen molar-refractivity contribution in [3.63, 3.8) is 0 Å². The smallest absolute Gasteiger partial charge is 0.335 e. The van der Waals surface area contributed by atoms with E-state index < -0.39 is 17.9 Å². The van der Waals surface area contributed by atoms with Gasteiger partial charge in [-0.3, -0.25) is 0 Å². The Bertz CT molecular complexity index is 1050. The maximum absolute atomic E-state index is 11.3. The summed E-state index contributed by atoms with van der Waals surface area (Å²) in [4.78, 5) is 33.8. The Labute approximate surface area is 167 Å². The number of carboxylic acid groups (broad SMARTS) is 3. The average Bonchev–Trinajstić information content (AvgIpc) is 2.73. The van der Waals surface area contributed by atoms with E-state index in [0.717, 1.165) is 6.07 Å². The van der Waals surface area contributed by atoms with Gasteiger partial charge in [0, 0.05) is 16.7 Å². The summed E-state index contributed by atoms with van der Waals surface area (Å²) < 4.78 is 0. The summed E-state index contributed by atoms with van der Waals surface area (Å²) in [5.41, 5.74) is -0.307. The van der Waals surface area contributed by atoms with Gasteiger partial charge in [0.15, 0.2) is 0 Å². The number of benzene rings is 2. The summed E-state index contributed by atoms with van der Waals surface area (Å²) in [5, 5.41) is 52.5. The molecule has 3 rings (SSSR count). The highest BCUT2D eigenvalue weighted by Crippen LogP contribution is 2.23. The van der Waals surface area contributed by atoms with Gasteiger partial charge in [-0.25, -0.2) is 14.4 Å². The van der Waals surface area contributed by atoms with Crippen molar-refractivity contribution in [3.8, 4) is 22.8 Å². The lowest BCUT2D eigenvalue weighted by Gasteiger charge is -2.06. The lowest BCUT2D eigenvalue weighted by molar-refractivity contribution is 0.0682. The molecule has 4 N–H and O–H groups in total. The van der Waals surface area contributed by atoms with Gasteiger partial charge in [0.1, 0.15) is 5.76 Å². The first kappa shape index (κ1) is 20.1. The fourth-order valence-electron chi connectivity index (χ4n) is 2.51. The summed E-state index contributed by atoms with van der Waals surface area (Å²) in [6, 6.07) is 7.19. The molecule has 0 aliphatic carbocycles. The minimum absolute atomic E-state index is 0.0718. The number of aromatic carboxylic acids is 3. The Morgan fingerprint density at radius 1 is 0.567 bits per heavy atom. The zero-order valence-electron chi connectivity index (χ0n) is 15.0. The minimum Gasteiger partial charge on any atom is -0.508 e. The number of rotatable bonds is 6. The van der Waals surface area contributed by atoms with Crippen LogP contribution >= 0.6 is 0 Å². The average molecular weight is 408 g/mol. The van der Waals surface area contributed by atoms with E-state index in [9.17, 15) is 24.6 Å². The third-order valence-corrected chi connectivity index (χ3v) is 3.94. The maximum Gasteiger partial charge on any atom is 0.335 e. The molecule has 0 fully saturated rings. The van der Waals surface area contributed by atoms with Crippen molar-refractivity contribution in [2.45, 2.75) is 0 Å². The predicted octanol–water partition coefficient (Wildman–Crippen LogP) is 2.22. The molecule has 0 unspecified atom stereocenters. The molecular weight excluding hydrogens is 396 g/mol. The van der Waals surface area contributed by atoms with Crippen LogP contribution in [0.4, 0.5) is 0 Å². The van der Waals surface area contributed by atoms with Crippen LogP contribution in [0.15, 0.2) is 43.0 Å². The number of aromatic nitrogens is 4. The predicted molar refractivity (Wildman–Crippen MR) is 101 cm³/mol. The maximum atomic E-state index is 11.3. The molecule has 0 saturated heterocycles. The van der Waals surface area contributed by atoms with Gasteiger partial charge in [-0.15, -0.1) is 20.4 Å². The lowest BCUT2D eigenvalue weighted by atomic mass is 10.0. The molecule has 0 atom stereocenters. The monoisotopic (exact) mass is 408 g/mol. The molecule has 0 aliphatic rings. The highest BCUT2D eigenvalue weighted by atomic mass is 16.4. The summed E-state index contributed by atoms with van der Waals surface area (Å²) in [6.07, 6.45) is 0. The molecule has 30 heavy (non-hydrogen) atoms.